The molecule has 4 heterocycles. The summed E-state index contributed by atoms with van der Waals surface area (Å²) in [7, 11) is 0. The van der Waals surface area contributed by atoms with Gasteiger partial charge in [0.15, 0.2) is 17.2 Å². The van der Waals surface area contributed by atoms with Crippen molar-refractivity contribution in [1.82, 2.24) is 19.5 Å². The van der Waals surface area contributed by atoms with Gasteiger partial charge in [0.25, 0.3) is 0 Å². The highest BCUT2D eigenvalue weighted by Gasteiger charge is 2.22. The van der Waals surface area contributed by atoms with Crippen molar-refractivity contribution in [3.8, 4) is 39.6 Å². The van der Waals surface area contributed by atoms with Crippen LogP contribution in [0.3, 0.4) is 0 Å². The van der Waals surface area contributed by atoms with Crippen molar-refractivity contribution in [2.75, 3.05) is 0 Å². The van der Waals surface area contributed by atoms with Gasteiger partial charge in [-0.25, -0.2) is 15.0 Å². The summed E-state index contributed by atoms with van der Waals surface area (Å²) in [5, 5.41) is 7.10. The Morgan fingerprint density at radius 1 is 0.526 bits per heavy atom. The summed E-state index contributed by atoms with van der Waals surface area (Å²) in [5.41, 5.74) is 9.32. The number of nitrogens with zero attached hydrogens (tertiary/aromatic N) is 4. The minimum Gasteiger partial charge on any atom is -0.453 e. The van der Waals surface area contributed by atoms with Crippen LogP contribution >= 0.6 is 11.3 Å². The van der Waals surface area contributed by atoms with Crippen LogP contribution in [-0.4, -0.2) is 19.5 Å². The van der Waals surface area contributed by atoms with Crippen LogP contribution in [0.2, 0.25) is 0 Å². The van der Waals surface area contributed by atoms with Gasteiger partial charge in [-0.05, 0) is 30.7 Å². The van der Waals surface area contributed by atoms with Gasteiger partial charge in [0.05, 0.1) is 16.7 Å². The third-order valence-corrected chi connectivity index (χ3v) is 12.6. The molecule has 1 aliphatic rings. The molecule has 0 bridgehead atoms. The van der Waals surface area contributed by atoms with Crippen LogP contribution in [0, 0.1) is 0 Å². The summed E-state index contributed by atoms with van der Waals surface area (Å²) in [6.45, 7) is 0. The number of furan rings is 1. The third-order valence-electron chi connectivity index (χ3n) is 11.4. The van der Waals surface area contributed by atoms with Gasteiger partial charge in [0, 0.05) is 69.9 Å². The molecular formula is C51H32N4OS. The van der Waals surface area contributed by atoms with E-state index in [2.05, 4.69) is 162 Å². The molecule has 6 heteroatoms. The Labute approximate surface area is 331 Å². The fraction of sp³-hybridized carbons (Fsp3) is 0.0392. The molecule has 0 amide bonds. The minimum absolute atomic E-state index is 0.105. The lowest BCUT2D eigenvalue weighted by Crippen LogP contribution is -2.07. The Morgan fingerprint density at radius 3 is 1.96 bits per heavy atom. The Balaban J connectivity index is 1.02. The second-order valence-corrected chi connectivity index (χ2v) is 15.7. The molecule has 268 valence electrons. The highest BCUT2D eigenvalue weighted by Crippen LogP contribution is 2.45. The van der Waals surface area contributed by atoms with Crippen molar-refractivity contribution >= 4 is 75.3 Å². The monoisotopic (exact) mass is 748 g/mol. The van der Waals surface area contributed by atoms with Crippen molar-refractivity contribution in [2.45, 2.75) is 12.3 Å². The van der Waals surface area contributed by atoms with E-state index in [-0.39, 0.29) is 5.92 Å². The Morgan fingerprint density at radius 2 is 1.19 bits per heavy atom. The van der Waals surface area contributed by atoms with Crippen LogP contribution in [0.25, 0.3) is 104 Å². The topological polar surface area (TPSA) is 56.7 Å². The van der Waals surface area contributed by atoms with E-state index in [1.807, 2.05) is 18.2 Å². The molecule has 0 saturated carbocycles. The normalized spacial score (nSPS) is 14.3. The molecule has 0 N–H and O–H groups in total. The molecule has 57 heavy (non-hydrogen) atoms. The van der Waals surface area contributed by atoms with E-state index in [1.54, 1.807) is 11.3 Å². The van der Waals surface area contributed by atoms with Gasteiger partial charge in [0.2, 0.25) is 0 Å². The summed E-state index contributed by atoms with van der Waals surface area (Å²) in [6.07, 6.45) is 9.38. The van der Waals surface area contributed by atoms with Crippen molar-refractivity contribution in [3.05, 3.63) is 182 Å². The molecule has 7 aromatic carbocycles. The van der Waals surface area contributed by atoms with E-state index in [0.29, 0.717) is 11.6 Å². The minimum atomic E-state index is 0.105. The van der Waals surface area contributed by atoms with Crippen LogP contribution in [0.5, 0.6) is 0 Å². The largest absolute Gasteiger partial charge is 0.453 e. The van der Waals surface area contributed by atoms with Crippen LogP contribution in [0.4, 0.5) is 0 Å². The Hall–Kier alpha value is -7.15. The number of rotatable bonds is 5. The average molecular weight is 749 g/mol. The number of hydrogen-bond acceptors (Lipinski definition) is 5. The predicted octanol–water partition coefficient (Wildman–Crippen LogP) is 13.8. The summed E-state index contributed by atoms with van der Waals surface area (Å²) < 4.78 is 11.8. The van der Waals surface area contributed by atoms with E-state index in [1.165, 1.54) is 30.9 Å². The number of benzene rings is 7. The predicted molar refractivity (Wildman–Crippen MR) is 236 cm³/mol. The lowest BCUT2D eigenvalue weighted by atomic mass is 9.99. The maximum absolute atomic E-state index is 7.05. The van der Waals surface area contributed by atoms with Crippen molar-refractivity contribution in [1.29, 1.82) is 0 Å². The van der Waals surface area contributed by atoms with Gasteiger partial charge in [-0.1, -0.05) is 152 Å². The fourth-order valence-electron chi connectivity index (χ4n) is 8.70. The van der Waals surface area contributed by atoms with Gasteiger partial charge < -0.3 is 8.98 Å². The molecule has 11 aromatic rings. The number of allylic oxidation sites excluding steroid dienone is 4. The quantitative estimate of drug-likeness (QED) is 0.176. The second-order valence-electron chi connectivity index (χ2n) is 14.7. The molecule has 12 rings (SSSR count). The van der Waals surface area contributed by atoms with Crippen molar-refractivity contribution < 1.29 is 4.42 Å². The van der Waals surface area contributed by atoms with E-state index in [9.17, 15) is 0 Å². The van der Waals surface area contributed by atoms with E-state index >= 15 is 0 Å². The van der Waals surface area contributed by atoms with E-state index in [4.69, 9.17) is 19.4 Å². The smallest absolute Gasteiger partial charge is 0.163 e. The van der Waals surface area contributed by atoms with Gasteiger partial charge in [-0.15, -0.1) is 11.3 Å². The lowest BCUT2D eigenvalue weighted by molar-refractivity contribution is 0.667. The summed E-state index contributed by atoms with van der Waals surface area (Å²) >= 11 is 1.81. The van der Waals surface area contributed by atoms with Gasteiger partial charge >= 0.3 is 0 Å². The molecule has 0 fully saturated rings. The summed E-state index contributed by atoms with van der Waals surface area (Å²) in [4.78, 5) is 15.1. The molecule has 0 saturated heterocycles. The van der Waals surface area contributed by atoms with Crippen LogP contribution in [0.1, 0.15) is 18.2 Å². The zero-order chi connectivity index (χ0) is 37.5. The molecule has 1 unspecified atom stereocenters. The number of aromatic nitrogens is 4. The molecule has 1 aliphatic carbocycles. The molecule has 5 nitrogen and oxygen atoms in total. The van der Waals surface area contributed by atoms with Crippen molar-refractivity contribution in [2.24, 2.45) is 0 Å². The number of fused-ring (bicyclic) bond motifs is 9. The maximum Gasteiger partial charge on any atom is 0.163 e. The van der Waals surface area contributed by atoms with Gasteiger partial charge in [-0.3, -0.25) is 0 Å². The van der Waals surface area contributed by atoms with Gasteiger partial charge in [-0.2, -0.15) is 0 Å². The van der Waals surface area contributed by atoms with Crippen molar-refractivity contribution in [3.63, 3.8) is 0 Å². The summed E-state index contributed by atoms with van der Waals surface area (Å²) in [5.74, 6) is 2.28. The van der Waals surface area contributed by atoms with E-state index < -0.39 is 0 Å². The highest BCUT2D eigenvalue weighted by atomic mass is 32.1. The SMILES string of the molecule is C1=CCC(c2nc(-c3ccccc3)nc(-c3ccc4c(c3)sc3c(-c5cccc6c5oc5c(-n7c8ccccc8c8ccccc87)cccc56)cccc34)n2)C=C1. The lowest BCUT2D eigenvalue weighted by Gasteiger charge is -2.14. The average Bonchev–Trinajstić information content (AvgIpc) is 3.96. The molecule has 0 spiro atoms. The molecule has 1 atom stereocenters. The zero-order valence-electron chi connectivity index (χ0n) is 30.6. The van der Waals surface area contributed by atoms with Crippen LogP contribution in [0.15, 0.2) is 180 Å². The number of para-hydroxylation sites is 4. The van der Waals surface area contributed by atoms with E-state index in [0.717, 1.165) is 73.2 Å². The first-order chi connectivity index (χ1) is 28.3. The Kier molecular flexibility index (Phi) is 7.16. The zero-order valence-corrected chi connectivity index (χ0v) is 31.4. The molecule has 0 aliphatic heterocycles. The number of hydrogen-bond donors (Lipinski definition) is 0. The first-order valence-corrected chi connectivity index (χ1v) is 20.1. The third kappa shape index (κ3) is 5.04. The molecule has 4 aromatic heterocycles. The van der Waals surface area contributed by atoms with Crippen LogP contribution < -0.4 is 0 Å². The molecule has 0 radical (unpaired) electrons. The maximum atomic E-state index is 7.05. The summed E-state index contributed by atoms with van der Waals surface area (Å²) in [6, 6.07) is 53.7. The second kappa shape index (κ2) is 12.7. The number of thiophene rings is 1. The van der Waals surface area contributed by atoms with Gasteiger partial charge in [0.1, 0.15) is 11.4 Å². The standard InChI is InChI=1S/C51H32N4OS/c1-3-14-31(15-4-1)49-52-50(32-16-5-2-6-17-32)54-51(53-49)33-28-29-36-40-23-12-24-41(48(40)57-45(36)30-33)39-21-11-20-37-38-22-13-27-44(47(38)56-46(37)39)55-42-25-9-7-18-34(42)35-19-8-10-26-43(35)55/h1-16,18-30,32H,17H2. The highest BCUT2D eigenvalue weighted by molar-refractivity contribution is 7.26. The first kappa shape index (κ1) is 32.1. The Bertz CT molecular complexity index is 3410. The first-order valence-electron chi connectivity index (χ1n) is 19.3. The molecular weight excluding hydrogens is 717 g/mol. The fourth-order valence-corrected chi connectivity index (χ4v) is 9.97. The van der Waals surface area contributed by atoms with Crippen LogP contribution in [-0.2, 0) is 0 Å².